The van der Waals surface area contributed by atoms with Crippen molar-refractivity contribution in [3.63, 3.8) is 0 Å². The number of thiazole rings is 1. The Morgan fingerprint density at radius 1 is 1.30 bits per heavy atom. The number of likely N-dealkylation sites (tertiary alicyclic amines) is 1. The van der Waals surface area contributed by atoms with E-state index < -0.39 is 0 Å². The van der Waals surface area contributed by atoms with Gasteiger partial charge in [-0.25, -0.2) is 4.98 Å². The fraction of sp³-hybridized carbons (Fsp3) is 0.550. The summed E-state index contributed by atoms with van der Waals surface area (Å²) >= 11 is 3.30. The summed E-state index contributed by atoms with van der Waals surface area (Å²) < 4.78 is 0. The summed E-state index contributed by atoms with van der Waals surface area (Å²) in [5.41, 5.74) is 0.929. The van der Waals surface area contributed by atoms with E-state index in [-0.39, 0.29) is 17.7 Å². The molecule has 5 nitrogen and oxygen atoms in total. The molecule has 7 heteroatoms. The van der Waals surface area contributed by atoms with E-state index in [1.807, 2.05) is 28.8 Å². The quantitative estimate of drug-likeness (QED) is 0.758. The Labute approximate surface area is 168 Å². The zero-order valence-corrected chi connectivity index (χ0v) is 17.2. The molecular formula is C20H25N3O2S2. The highest BCUT2D eigenvalue weighted by Gasteiger charge is 2.36. The molecule has 2 aromatic rings. The van der Waals surface area contributed by atoms with Crippen molar-refractivity contribution in [2.45, 2.75) is 51.1 Å². The minimum absolute atomic E-state index is 0.0799. The van der Waals surface area contributed by atoms with Crippen LogP contribution >= 0.6 is 22.7 Å². The van der Waals surface area contributed by atoms with E-state index in [0.29, 0.717) is 32.0 Å². The number of amides is 2. The number of thiophene rings is 1. The Morgan fingerprint density at radius 3 is 2.85 bits per heavy atom. The molecule has 1 saturated carbocycles. The Kier molecular flexibility index (Phi) is 5.59. The number of hydrogen-bond acceptors (Lipinski definition) is 5. The van der Waals surface area contributed by atoms with Gasteiger partial charge >= 0.3 is 0 Å². The van der Waals surface area contributed by atoms with Crippen LogP contribution in [-0.2, 0) is 16.1 Å². The van der Waals surface area contributed by atoms with E-state index in [9.17, 15) is 9.59 Å². The summed E-state index contributed by atoms with van der Waals surface area (Å²) in [5, 5.41) is 5.09. The highest BCUT2D eigenvalue weighted by molar-refractivity contribution is 7.20. The lowest BCUT2D eigenvalue weighted by atomic mass is 9.94. The highest BCUT2D eigenvalue weighted by Crippen LogP contribution is 2.30. The van der Waals surface area contributed by atoms with Gasteiger partial charge in [0, 0.05) is 31.4 Å². The molecule has 4 rings (SSSR count). The molecule has 0 aromatic carbocycles. The van der Waals surface area contributed by atoms with E-state index in [4.69, 9.17) is 0 Å². The maximum Gasteiger partial charge on any atom is 0.227 e. The normalized spacial score (nSPS) is 21.0. The second-order valence-corrected chi connectivity index (χ2v) is 9.34. The fourth-order valence-electron chi connectivity index (χ4n) is 4.17. The minimum Gasteiger partial charge on any atom is -0.340 e. The van der Waals surface area contributed by atoms with Gasteiger partial charge in [-0.05, 0) is 30.7 Å². The second-order valence-electron chi connectivity index (χ2n) is 7.54. The van der Waals surface area contributed by atoms with E-state index in [0.717, 1.165) is 23.5 Å². The summed E-state index contributed by atoms with van der Waals surface area (Å²) in [6.45, 7) is 1.11. The van der Waals surface area contributed by atoms with E-state index >= 15 is 0 Å². The number of hydrogen-bond donors (Lipinski definition) is 0. The Balaban J connectivity index is 1.37. The average Bonchev–Trinajstić information content (AvgIpc) is 3.42. The molecule has 2 aromatic heterocycles. The number of carbonyl (C=O) groups excluding carboxylic acids is 2. The largest absolute Gasteiger partial charge is 0.340 e. The molecule has 0 radical (unpaired) electrons. The first kappa shape index (κ1) is 18.6. The van der Waals surface area contributed by atoms with Crippen LogP contribution in [0.15, 0.2) is 22.9 Å². The van der Waals surface area contributed by atoms with Gasteiger partial charge in [0.2, 0.25) is 11.8 Å². The number of piperidine rings is 1. The van der Waals surface area contributed by atoms with E-state index in [2.05, 4.69) is 11.1 Å². The standard InChI is InChI=1S/C20H25N3O2S2/c1-22(12-15-13-27-19(21-15)17-7-4-10-26-17)20(25)14-8-9-18(24)23(11-14)16-5-2-3-6-16/h4,7,10,13-14,16H,2-3,5-6,8-9,11-12H2,1H3/t14-/m0/s1. The van der Waals surface area contributed by atoms with E-state index in [1.165, 1.54) is 17.7 Å². The van der Waals surface area contributed by atoms with Crippen molar-refractivity contribution in [1.82, 2.24) is 14.8 Å². The predicted molar refractivity (Wildman–Crippen MR) is 109 cm³/mol. The van der Waals surface area contributed by atoms with Crippen LogP contribution in [0.4, 0.5) is 0 Å². The third-order valence-electron chi connectivity index (χ3n) is 5.62. The first-order valence-electron chi connectivity index (χ1n) is 9.64. The first-order chi connectivity index (χ1) is 13.1. The van der Waals surface area contributed by atoms with Crippen LogP contribution in [0.3, 0.4) is 0 Å². The Morgan fingerprint density at radius 2 is 2.11 bits per heavy atom. The fourth-order valence-corrected chi connectivity index (χ4v) is 5.79. The van der Waals surface area contributed by atoms with Crippen LogP contribution in [0.1, 0.15) is 44.2 Å². The molecular weight excluding hydrogens is 378 g/mol. The van der Waals surface area contributed by atoms with Crippen molar-refractivity contribution in [1.29, 1.82) is 0 Å². The summed E-state index contributed by atoms with van der Waals surface area (Å²) in [6.07, 6.45) is 5.75. The molecule has 2 fully saturated rings. The third-order valence-corrected chi connectivity index (χ3v) is 7.55. The van der Waals surface area contributed by atoms with Gasteiger partial charge < -0.3 is 9.80 Å². The lowest BCUT2D eigenvalue weighted by Crippen LogP contribution is -2.49. The molecule has 3 heterocycles. The minimum atomic E-state index is -0.0799. The molecule has 27 heavy (non-hydrogen) atoms. The van der Waals surface area contributed by atoms with Crippen LogP contribution in [-0.4, -0.2) is 46.2 Å². The van der Waals surface area contributed by atoms with Crippen LogP contribution in [0.25, 0.3) is 9.88 Å². The molecule has 1 aliphatic heterocycles. The smallest absolute Gasteiger partial charge is 0.227 e. The Bertz CT molecular complexity index is 796. The van der Waals surface area contributed by atoms with Crippen molar-refractivity contribution in [3.8, 4) is 9.88 Å². The molecule has 1 atom stereocenters. The van der Waals surface area contributed by atoms with Crippen molar-refractivity contribution < 1.29 is 9.59 Å². The first-order valence-corrected chi connectivity index (χ1v) is 11.4. The lowest BCUT2D eigenvalue weighted by molar-refractivity contribution is -0.144. The monoisotopic (exact) mass is 403 g/mol. The third kappa shape index (κ3) is 4.09. The van der Waals surface area contributed by atoms with Crippen LogP contribution in [0.5, 0.6) is 0 Å². The number of rotatable bonds is 5. The van der Waals surface area contributed by atoms with Crippen LogP contribution in [0.2, 0.25) is 0 Å². The van der Waals surface area contributed by atoms with Crippen molar-refractivity contribution >= 4 is 34.5 Å². The second kappa shape index (κ2) is 8.10. The van der Waals surface area contributed by atoms with Crippen LogP contribution < -0.4 is 0 Å². The van der Waals surface area contributed by atoms with Gasteiger partial charge in [-0.3, -0.25) is 9.59 Å². The van der Waals surface area contributed by atoms with Crippen molar-refractivity contribution in [2.24, 2.45) is 5.92 Å². The SMILES string of the molecule is CN(Cc1csc(-c2cccs2)n1)C(=O)[C@H]1CCC(=O)N(C2CCCC2)C1. The van der Waals surface area contributed by atoms with Gasteiger partial charge in [0.25, 0.3) is 0 Å². The van der Waals surface area contributed by atoms with Gasteiger partial charge in [-0.2, -0.15) is 0 Å². The van der Waals surface area contributed by atoms with Crippen molar-refractivity contribution in [3.05, 3.63) is 28.6 Å². The molecule has 144 valence electrons. The summed E-state index contributed by atoms with van der Waals surface area (Å²) in [5.74, 6) is 0.286. The molecule has 0 bridgehead atoms. The number of carbonyl (C=O) groups is 2. The number of nitrogens with zero attached hydrogens (tertiary/aromatic N) is 3. The average molecular weight is 404 g/mol. The number of aromatic nitrogens is 1. The maximum absolute atomic E-state index is 13.0. The van der Waals surface area contributed by atoms with Gasteiger partial charge in [0.1, 0.15) is 5.01 Å². The van der Waals surface area contributed by atoms with Gasteiger partial charge in [0.15, 0.2) is 0 Å². The van der Waals surface area contributed by atoms with E-state index in [1.54, 1.807) is 27.6 Å². The lowest BCUT2D eigenvalue weighted by Gasteiger charge is -2.37. The van der Waals surface area contributed by atoms with Gasteiger partial charge in [-0.1, -0.05) is 18.9 Å². The molecule has 1 saturated heterocycles. The Hall–Kier alpha value is -1.73. The molecule has 0 unspecified atom stereocenters. The van der Waals surface area contributed by atoms with Crippen LogP contribution in [0, 0.1) is 5.92 Å². The summed E-state index contributed by atoms with van der Waals surface area (Å²) in [7, 11) is 1.85. The molecule has 2 amide bonds. The summed E-state index contributed by atoms with van der Waals surface area (Å²) in [6, 6.07) is 4.45. The van der Waals surface area contributed by atoms with Gasteiger partial charge in [-0.15, -0.1) is 22.7 Å². The zero-order chi connectivity index (χ0) is 18.8. The molecule has 0 spiro atoms. The summed E-state index contributed by atoms with van der Waals surface area (Å²) in [4.78, 5) is 34.9. The topological polar surface area (TPSA) is 53.5 Å². The maximum atomic E-state index is 13.0. The zero-order valence-electron chi connectivity index (χ0n) is 15.6. The molecule has 1 aliphatic carbocycles. The predicted octanol–water partition coefficient (Wildman–Crippen LogP) is 4.01. The molecule has 2 aliphatic rings. The highest BCUT2D eigenvalue weighted by atomic mass is 32.1. The molecule has 0 N–H and O–H groups in total. The van der Waals surface area contributed by atoms with Crippen molar-refractivity contribution in [2.75, 3.05) is 13.6 Å². The van der Waals surface area contributed by atoms with Gasteiger partial charge in [0.05, 0.1) is 23.0 Å².